The Bertz CT molecular complexity index is 531. The van der Waals surface area contributed by atoms with E-state index in [1.54, 1.807) is 11.3 Å². The van der Waals surface area contributed by atoms with Crippen molar-refractivity contribution in [3.63, 3.8) is 0 Å². The zero-order valence-corrected chi connectivity index (χ0v) is 12.5. The van der Waals surface area contributed by atoms with Gasteiger partial charge in [-0.2, -0.15) is 0 Å². The molecule has 1 aromatic heterocycles. The fraction of sp³-hybridized carbons (Fsp3) is 0.333. The summed E-state index contributed by atoms with van der Waals surface area (Å²) in [6.45, 7) is 7.30. The van der Waals surface area contributed by atoms with Gasteiger partial charge >= 0.3 is 0 Å². The van der Waals surface area contributed by atoms with Gasteiger partial charge < -0.3 is 5.32 Å². The van der Waals surface area contributed by atoms with E-state index >= 15 is 0 Å². The molecule has 0 spiro atoms. The van der Waals surface area contributed by atoms with Gasteiger partial charge in [-0.15, -0.1) is 11.3 Å². The molecule has 0 bridgehead atoms. The third kappa shape index (κ3) is 3.35. The van der Waals surface area contributed by atoms with Crippen LogP contribution in [-0.2, 0) is 6.54 Å². The van der Waals surface area contributed by atoms with Gasteiger partial charge in [0, 0.05) is 32.9 Å². The lowest BCUT2D eigenvalue weighted by atomic mass is 10.1. The summed E-state index contributed by atoms with van der Waals surface area (Å²) in [6.07, 6.45) is 0. The van der Waals surface area contributed by atoms with Crippen molar-refractivity contribution in [2.45, 2.75) is 33.4 Å². The van der Waals surface area contributed by atoms with Gasteiger partial charge in [0.15, 0.2) is 0 Å². The Balaban J connectivity index is 2.18. The van der Waals surface area contributed by atoms with Crippen LogP contribution in [0.3, 0.4) is 0 Å². The third-order valence-electron chi connectivity index (χ3n) is 2.74. The summed E-state index contributed by atoms with van der Waals surface area (Å²) < 4.78 is 0. The number of hydrogen-bond donors (Lipinski definition) is 1. The highest BCUT2D eigenvalue weighted by molar-refractivity contribution is 7.15. The molecule has 2 rings (SSSR count). The molecule has 0 amide bonds. The highest BCUT2D eigenvalue weighted by Crippen LogP contribution is 2.33. The van der Waals surface area contributed by atoms with E-state index in [1.165, 1.54) is 15.3 Å². The Hall–Kier alpha value is -0.830. The topological polar surface area (TPSA) is 12.0 Å². The molecule has 0 saturated carbocycles. The molecule has 0 atom stereocenters. The zero-order chi connectivity index (χ0) is 13.1. The number of rotatable bonds is 4. The number of hydrogen-bond acceptors (Lipinski definition) is 2. The van der Waals surface area contributed by atoms with Gasteiger partial charge in [0.05, 0.1) is 0 Å². The maximum Gasteiger partial charge on any atom is 0.0495 e. The summed E-state index contributed by atoms with van der Waals surface area (Å²) in [7, 11) is 0. The molecule has 0 aliphatic rings. The zero-order valence-electron chi connectivity index (χ0n) is 11.0. The molecule has 0 radical (unpaired) electrons. The van der Waals surface area contributed by atoms with Gasteiger partial charge in [0.25, 0.3) is 0 Å². The Morgan fingerprint density at radius 1 is 1.22 bits per heavy atom. The molecule has 18 heavy (non-hydrogen) atoms. The minimum atomic E-state index is 0.513. The summed E-state index contributed by atoms with van der Waals surface area (Å²) in [4.78, 5) is 2.58. The molecule has 1 nitrogen and oxygen atoms in total. The van der Waals surface area contributed by atoms with E-state index in [4.69, 9.17) is 11.6 Å². The summed E-state index contributed by atoms with van der Waals surface area (Å²) in [5.41, 5.74) is 2.32. The van der Waals surface area contributed by atoms with E-state index in [2.05, 4.69) is 50.4 Å². The lowest BCUT2D eigenvalue weighted by molar-refractivity contribution is 0.593. The number of nitrogens with one attached hydrogen (secondary N) is 1. The van der Waals surface area contributed by atoms with Gasteiger partial charge in [-0.05, 0) is 30.7 Å². The molecule has 96 valence electrons. The van der Waals surface area contributed by atoms with Crippen LogP contribution in [0, 0.1) is 6.92 Å². The van der Waals surface area contributed by atoms with Crippen molar-refractivity contribution in [2.24, 2.45) is 0 Å². The molecule has 1 heterocycles. The molecule has 0 unspecified atom stereocenters. The number of aryl methyl sites for hydroxylation is 1. The molecule has 0 aliphatic carbocycles. The predicted octanol–water partition coefficient (Wildman–Crippen LogP) is 4.87. The van der Waals surface area contributed by atoms with Crippen LogP contribution in [0.2, 0.25) is 5.02 Å². The van der Waals surface area contributed by atoms with E-state index in [0.29, 0.717) is 6.04 Å². The monoisotopic (exact) mass is 279 g/mol. The Morgan fingerprint density at radius 3 is 2.67 bits per heavy atom. The van der Waals surface area contributed by atoms with Crippen molar-refractivity contribution in [3.8, 4) is 10.4 Å². The van der Waals surface area contributed by atoms with Crippen molar-refractivity contribution in [2.75, 3.05) is 0 Å². The smallest absolute Gasteiger partial charge is 0.0495 e. The number of thiophene rings is 1. The third-order valence-corrected chi connectivity index (χ3v) is 4.17. The first kappa shape index (κ1) is 13.6. The van der Waals surface area contributed by atoms with E-state index in [1.807, 2.05) is 6.07 Å². The maximum absolute atomic E-state index is 6.29. The highest BCUT2D eigenvalue weighted by Gasteiger charge is 2.07. The SMILES string of the molecule is Cc1ccc(-c2ccc(CNC(C)C)s2)c(Cl)c1. The second kappa shape index (κ2) is 5.87. The molecular formula is C15H18ClNS. The lowest BCUT2D eigenvalue weighted by Crippen LogP contribution is -2.21. The van der Waals surface area contributed by atoms with Crippen LogP contribution >= 0.6 is 22.9 Å². The van der Waals surface area contributed by atoms with Gasteiger partial charge in [0.1, 0.15) is 0 Å². The summed E-state index contributed by atoms with van der Waals surface area (Å²) in [6, 6.07) is 11.1. The molecular weight excluding hydrogens is 262 g/mol. The maximum atomic E-state index is 6.29. The molecule has 3 heteroatoms. The highest BCUT2D eigenvalue weighted by atomic mass is 35.5. The normalized spacial score (nSPS) is 11.2. The molecule has 1 N–H and O–H groups in total. The standard InChI is InChI=1S/C15H18ClNS/c1-10(2)17-9-12-5-7-15(18-12)13-6-4-11(3)8-14(13)16/h4-8,10,17H,9H2,1-3H3. The molecule has 0 saturated heterocycles. The fourth-order valence-corrected chi connectivity index (χ4v) is 3.13. The first-order chi connectivity index (χ1) is 8.56. The fourth-order valence-electron chi connectivity index (χ4n) is 1.74. The summed E-state index contributed by atoms with van der Waals surface area (Å²) in [5.74, 6) is 0. The molecule has 1 aromatic carbocycles. The lowest BCUT2D eigenvalue weighted by Gasteiger charge is -2.05. The van der Waals surface area contributed by atoms with Crippen LogP contribution in [-0.4, -0.2) is 6.04 Å². The first-order valence-electron chi connectivity index (χ1n) is 6.15. The summed E-state index contributed by atoms with van der Waals surface area (Å²) >= 11 is 8.09. The Morgan fingerprint density at radius 2 is 2.00 bits per heavy atom. The van der Waals surface area contributed by atoms with Gasteiger partial charge in [-0.25, -0.2) is 0 Å². The van der Waals surface area contributed by atoms with Crippen molar-refractivity contribution >= 4 is 22.9 Å². The van der Waals surface area contributed by atoms with E-state index < -0.39 is 0 Å². The molecule has 0 aliphatic heterocycles. The molecule has 2 aromatic rings. The Kier molecular flexibility index (Phi) is 4.44. The average molecular weight is 280 g/mol. The van der Waals surface area contributed by atoms with Gasteiger partial charge in [-0.3, -0.25) is 0 Å². The van der Waals surface area contributed by atoms with Crippen LogP contribution in [0.1, 0.15) is 24.3 Å². The largest absolute Gasteiger partial charge is 0.310 e. The quantitative estimate of drug-likeness (QED) is 0.841. The van der Waals surface area contributed by atoms with E-state index in [-0.39, 0.29) is 0 Å². The van der Waals surface area contributed by atoms with Gasteiger partial charge in [-0.1, -0.05) is 37.6 Å². The van der Waals surface area contributed by atoms with Crippen LogP contribution < -0.4 is 5.32 Å². The van der Waals surface area contributed by atoms with Crippen molar-refractivity contribution < 1.29 is 0 Å². The Labute approximate surface area is 118 Å². The first-order valence-corrected chi connectivity index (χ1v) is 7.34. The van der Waals surface area contributed by atoms with Crippen molar-refractivity contribution in [1.29, 1.82) is 0 Å². The second-order valence-electron chi connectivity index (χ2n) is 4.78. The average Bonchev–Trinajstić information content (AvgIpc) is 2.75. The predicted molar refractivity (Wildman–Crippen MR) is 81.5 cm³/mol. The minimum absolute atomic E-state index is 0.513. The number of benzene rings is 1. The number of halogens is 1. The second-order valence-corrected chi connectivity index (χ2v) is 6.36. The van der Waals surface area contributed by atoms with E-state index in [0.717, 1.165) is 17.1 Å². The molecule has 0 fully saturated rings. The van der Waals surface area contributed by atoms with Crippen LogP contribution in [0.4, 0.5) is 0 Å². The van der Waals surface area contributed by atoms with Gasteiger partial charge in [0.2, 0.25) is 0 Å². The van der Waals surface area contributed by atoms with Crippen LogP contribution in [0.5, 0.6) is 0 Å². The minimum Gasteiger partial charge on any atom is -0.310 e. The van der Waals surface area contributed by atoms with Crippen molar-refractivity contribution in [3.05, 3.63) is 45.8 Å². The van der Waals surface area contributed by atoms with Crippen molar-refractivity contribution in [1.82, 2.24) is 5.32 Å². The summed E-state index contributed by atoms with van der Waals surface area (Å²) in [5, 5.41) is 4.26. The van der Waals surface area contributed by atoms with Crippen LogP contribution in [0.25, 0.3) is 10.4 Å². The van der Waals surface area contributed by atoms with Crippen LogP contribution in [0.15, 0.2) is 30.3 Å². The van der Waals surface area contributed by atoms with E-state index in [9.17, 15) is 0 Å².